The monoisotopic (exact) mass is 285 g/mol. The highest BCUT2D eigenvalue weighted by molar-refractivity contribution is 6.36. The normalized spacial score (nSPS) is 20.0. The fourth-order valence-electron chi connectivity index (χ4n) is 3.23. The van der Waals surface area contributed by atoms with Gasteiger partial charge in [0, 0.05) is 16.1 Å². The van der Waals surface area contributed by atoms with E-state index >= 15 is 0 Å². The quantitative estimate of drug-likeness (QED) is 0.842. The van der Waals surface area contributed by atoms with Gasteiger partial charge in [-0.05, 0) is 48.8 Å². The summed E-state index contributed by atoms with van der Waals surface area (Å²) in [5, 5.41) is 1.48. The maximum atomic E-state index is 6.48. The first kappa shape index (κ1) is 14.2. The predicted molar refractivity (Wildman–Crippen MR) is 79.3 cm³/mol. The number of hydrogen-bond acceptors (Lipinski definition) is 1. The Kier molecular flexibility index (Phi) is 4.58. The van der Waals surface area contributed by atoms with E-state index in [1.165, 1.54) is 25.7 Å². The summed E-state index contributed by atoms with van der Waals surface area (Å²) in [6.45, 7) is 2.25. The summed E-state index contributed by atoms with van der Waals surface area (Å²) in [7, 11) is 0. The third-order valence-corrected chi connectivity index (χ3v) is 5.28. The van der Waals surface area contributed by atoms with Crippen molar-refractivity contribution >= 4 is 23.2 Å². The molecule has 2 N–H and O–H groups in total. The molecule has 1 nitrogen and oxygen atoms in total. The van der Waals surface area contributed by atoms with E-state index in [1.807, 2.05) is 18.2 Å². The first-order chi connectivity index (χ1) is 8.59. The zero-order valence-electron chi connectivity index (χ0n) is 10.9. The van der Waals surface area contributed by atoms with Gasteiger partial charge in [0.05, 0.1) is 0 Å². The van der Waals surface area contributed by atoms with Crippen molar-refractivity contribution < 1.29 is 0 Å². The molecular weight excluding hydrogens is 265 g/mol. The van der Waals surface area contributed by atoms with Crippen LogP contribution in [0.4, 0.5) is 0 Å². The Labute approximate surface area is 120 Å². The molecule has 1 aromatic rings. The van der Waals surface area contributed by atoms with Gasteiger partial charge in [0.2, 0.25) is 0 Å². The summed E-state index contributed by atoms with van der Waals surface area (Å²) in [4.78, 5) is 0. The average molecular weight is 286 g/mol. The minimum absolute atomic E-state index is 0.155. The summed E-state index contributed by atoms with van der Waals surface area (Å²) >= 11 is 12.5. The van der Waals surface area contributed by atoms with E-state index in [9.17, 15) is 0 Å². The maximum Gasteiger partial charge on any atom is 0.0453 e. The van der Waals surface area contributed by atoms with Crippen molar-refractivity contribution in [1.29, 1.82) is 0 Å². The maximum absolute atomic E-state index is 6.48. The molecule has 3 heteroatoms. The van der Waals surface area contributed by atoms with Gasteiger partial charge in [0.25, 0.3) is 0 Å². The molecule has 0 radical (unpaired) electrons. The first-order valence-electron chi connectivity index (χ1n) is 6.77. The Morgan fingerprint density at radius 3 is 2.28 bits per heavy atom. The summed E-state index contributed by atoms with van der Waals surface area (Å²) < 4.78 is 0. The second kappa shape index (κ2) is 5.81. The van der Waals surface area contributed by atoms with Crippen LogP contribution in [0.25, 0.3) is 0 Å². The fraction of sp³-hybridized carbons (Fsp3) is 0.600. The van der Waals surface area contributed by atoms with Gasteiger partial charge in [0.15, 0.2) is 0 Å². The van der Waals surface area contributed by atoms with Gasteiger partial charge in [0.1, 0.15) is 0 Å². The SMILES string of the molecule is CCC1(C(N)Cc2c(Cl)cccc2Cl)CCCC1. The van der Waals surface area contributed by atoms with Gasteiger partial charge in [-0.25, -0.2) is 0 Å². The molecule has 0 spiro atoms. The lowest BCUT2D eigenvalue weighted by molar-refractivity contribution is 0.219. The van der Waals surface area contributed by atoms with Gasteiger partial charge in [-0.15, -0.1) is 0 Å². The van der Waals surface area contributed by atoms with E-state index in [1.54, 1.807) is 0 Å². The van der Waals surface area contributed by atoms with Crippen LogP contribution >= 0.6 is 23.2 Å². The zero-order valence-corrected chi connectivity index (χ0v) is 12.4. The molecule has 0 aromatic heterocycles. The first-order valence-corrected chi connectivity index (χ1v) is 7.53. The molecular formula is C15H21Cl2N. The van der Waals surface area contributed by atoms with Crippen LogP contribution in [0, 0.1) is 5.41 Å². The molecule has 1 unspecified atom stereocenters. The lowest BCUT2D eigenvalue weighted by Crippen LogP contribution is -2.41. The summed E-state index contributed by atoms with van der Waals surface area (Å²) in [5.41, 5.74) is 7.78. The molecule has 0 amide bonds. The lowest BCUT2D eigenvalue weighted by Gasteiger charge is -2.34. The Balaban J connectivity index is 2.18. The molecule has 0 bridgehead atoms. The Morgan fingerprint density at radius 2 is 1.78 bits per heavy atom. The largest absolute Gasteiger partial charge is 0.327 e. The van der Waals surface area contributed by atoms with Crippen LogP contribution in [-0.4, -0.2) is 6.04 Å². The van der Waals surface area contributed by atoms with Crippen LogP contribution in [0.2, 0.25) is 10.0 Å². The molecule has 18 heavy (non-hydrogen) atoms. The molecule has 0 heterocycles. The van der Waals surface area contributed by atoms with Crippen molar-refractivity contribution in [3.63, 3.8) is 0 Å². The highest BCUT2D eigenvalue weighted by atomic mass is 35.5. The molecule has 0 aliphatic heterocycles. The predicted octanol–water partition coefficient (Wildman–Crippen LogP) is 4.83. The molecule has 2 rings (SSSR count). The van der Waals surface area contributed by atoms with Crippen molar-refractivity contribution in [2.45, 2.75) is 51.5 Å². The lowest BCUT2D eigenvalue weighted by atomic mass is 9.74. The Hall–Kier alpha value is -0.240. The minimum Gasteiger partial charge on any atom is -0.327 e. The number of rotatable bonds is 4. The summed E-state index contributed by atoms with van der Waals surface area (Å²) in [6.07, 6.45) is 7.03. The second-order valence-corrected chi connectivity index (χ2v) is 6.25. The molecule has 1 aromatic carbocycles. The van der Waals surface area contributed by atoms with Gasteiger partial charge in [-0.2, -0.15) is 0 Å². The van der Waals surface area contributed by atoms with Crippen LogP contribution in [-0.2, 0) is 6.42 Å². The standard InChI is InChI=1S/C15H21Cl2N/c1-2-15(8-3-4-9-15)14(18)10-11-12(16)6-5-7-13(11)17/h5-7,14H,2-4,8-10,18H2,1H3. The van der Waals surface area contributed by atoms with Gasteiger partial charge in [-0.3, -0.25) is 0 Å². The second-order valence-electron chi connectivity index (χ2n) is 5.43. The Morgan fingerprint density at radius 1 is 1.22 bits per heavy atom. The molecule has 100 valence electrons. The van der Waals surface area contributed by atoms with Crippen LogP contribution in [0.1, 0.15) is 44.6 Å². The minimum atomic E-state index is 0.155. The van der Waals surface area contributed by atoms with Crippen molar-refractivity contribution in [1.82, 2.24) is 0 Å². The molecule has 1 aliphatic carbocycles. The third-order valence-electron chi connectivity index (χ3n) is 4.58. The van der Waals surface area contributed by atoms with Crippen LogP contribution < -0.4 is 5.73 Å². The molecule has 1 atom stereocenters. The smallest absolute Gasteiger partial charge is 0.0453 e. The third kappa shape index (κ3) is 2.68. The average Bonchev–Trinajstić information content (AvgIpc) is 2.84. The molecule has 1 fully saturated rings. The van der Waals surface area contributed by atoms with E-state index < -0.39 is 0 Å². The Bertz CT molecular complexity index is 391. The van der Waals surface area contributed by atoms with E-state index in [2.05, 4.69) is 6.92 Å². The zero-order chi connectivity index (χ0) is 13.2. The highest BCUT2D eigenvalue weighted by Crippen LogP contribution is 2.44. The summed E-state index contributed by atoms with van der Waals surface area (Å²) in [5.74, 6) is 0. The summed E-state index contributed by atoms with van der Waals surface area (Å²) in [6, 6.07) is 5.82. The van der Waals surface area contributed by atoms with Crippen molar-refractivity contribution in [3.05, 3.63) is 33.8 Å². The van der Waals surface area contributed by atoms with Gasteiger partial charge in [-0.1, -0.05) is 49.0 Å². The number of nitrogens with two attached hydrogens (primary N) is 1. The van der Waals surface area contributed by atoms with Crippen molar-refractivity contribution in [2.24, 2.45) is 11.1 Å². The molecule has 1 aliphatic rings. The van der Waals surface area contributed by atoms with Crippen LogP contribution in [0.15, 0.2) is 18.2 Å². The fourth-order valence-corrected chi connectivity index (χ4v) is 3.78. The van der Waals surface area contributed by atoms with E-state index in [4.69, 9.17) is 28.9 Å². The number of hydrogen-bond donors (Lipinski definition) is 1. The van der Waals surface area contributed by atoms with Crippen molar-refractivity contribution in [3.8, 4) is 0 Å². The van der Waals surface area contributed by atoms with Crippen LogP contribution in [0.3, 0.4) is 0 Å². The topological polar surface area (TPSA) is 26.0 Å². The number of halogens is 2. The van der Waals surface area contributed by atoms with Gasteiger partial charge < -0.3 is 5.73 Å². The number of benzene rings is 1. The van der Waals surface area contributed by atoms with E-state index in [-0.39, 0.29) is 6.04 Å². The van der Waals surface area contributed by atoms with E-state index in [0.717, 1.165) is 28.5 Å². The molecule has 1 saturated carbocycles. The highest BCUT2D eigenvalue weighted by Gasteiger charge is 2.38. The van der Waals surface area contributed by atoms with Crippen LogP contribution in [0.5, 0.6) is 0 Å². The van der Waals surface area contributed by atoms with E-state index in [0.29, 0.717) is 5.41 Å². The molecule has 0 saturated heterocycles. The van der Waals surface area contributed by atoms with Crippen molar-refractivity contribution in [2.75, 3.05) is 0 Å². The van der Waals surface area contributed by atoms with Gasteiger partial charge >= 0.3 is 0 Å².